The maximum absolute atomic E-state index is 12.1. The van der Waals surface area contributed by atoms with E-state index < -0.39 is 16.1 Å². The Morgan fingerprint density at radius 2 is 1.65 bits per heavy atom. The Balaban J connectivity index is 0.00000625. The van der Waals surface area contributed by atoms with Gasteiger partial charge in [-0.25, -0.2) is 8.42 Å². The Hall–Kier alpha value is 0.0339. The van der Waals surface area contributed by atoms with Crippen LogP contribution in [0.15, 0.2) is 24.3 Å². The van der Waals surface area contributed by atoms with Crippen molar-refractivity contribution in [3.05, 3.63) is 36.8 Å². The summed E-state index contributed by atoms with van der Waals surface area (Å²) < 4.78 is 25.7. The van der Waals surface area contributed by atoms with Crippen molar-refractivity contribution < 1.29 is 46.2 Å². The number of aliphatic hydroxyl groups is 1. The van der Waals surface area contributed by atoms with Crippen LogP contribution in [-0.4, -0.2) is 26.3 Å². The van der Waals surface area contributed by atoms with Crippen LogP contribution in [0, 0.1) is 6.92 Å². The summed E-state index contributed by atoms with van der Waals surface area (Å²) in [6.45, 7) is 6.46. The Bertz CT molecular complexity index is 575. The summed E-state index contributed by atoms with van der Waals surface area (Å²) in [4.78, 5) is 0. The Labute approximate surface area is 185 Å². The van der Waals surface area contributed by atoms with Crippen molar-refractivity contribution in [3.63, 3.8) is 0 Å². The molecule has 0 amide bonds. The van der Waals surface area contributed by atoms with Crippen LogP contribution >= 0.6 is 0 Å². The van der Waals surface area contributed by atoms with Crippen LogP contribution < -0.4 is 4.31 Å². The fourth-order valence-corrected chi connectivity index (χ4v) is 3.85. The van der Waals surface area contributed by atoms with Crippen LogP contribution in [-0.2, 0) is 42.7 Å². The van der Waals surface area contributed by atoms with Crippen molar-refractivity contribution in [2.75, 3.05) is 17.1 Å². The first-order valence-electron chi connectivity index (χ1n) is 9.45. The minimum absolute atomic E-state index is 0. The number of rotatable bonds is 13. The van der Waals surface area contributed by atoms with E-state index in [2.05, 4.69) is 13.8 Å². The summed E-state index contributed by atoms with van der Waals surface area (Å²) in [6.07, 6.45) is 9.72. The van der Waals surface area contributed by atoms with Crippen molar-refractivity contribution in [1.29, 1.82) is 0 Å². The first-order chi connectivity index (χ1) is 11.9. The number of benzene rings is 1. The number of aliphatic hydroxyl groups excluding tert-OH is 1. The van der Waals surface area contributed by atoms with Gasteiger partial charge in [-0.05, 0) is 30.5 Å². The van der Waals surface area contributed by atoms with Crippen molar-refractivity contribution in [2.24, 2.45) is 0 Å². The van der Waals surface area contributed by atoms with Gasteiger partial charge in [-0.2, -0.15) is 6.42 Å². The van der Waals surface area contributed by atoms with E-state index in [9.17, 15) is 13.5 Å². The zero-order valence-corrected chi connectivity index (χ0v) is 20.0. The number of sulfonamides is 1. The van der Waals surface area contributed by atoms with E-state index in [1.165, 1.54) is 10.6 Å². The maximum Gasteiger partial charge on any atom is 0.232 e. The Morgan fingerprint density at radius 3 is 2.19 bits per heavy atom. The van der Waals surface area contributed by atoms with E-state index in [0.29, 0.717) is 12.2 Å². The normalized spacial score (nSPS) is 12.5. The minimum atomic E-state index is -3.30. The second-order valence-corrected chi connectivity index (χ2v) is 8.61. The van der Waals surface area contributed by atoms with E-state index in [1.807, 2.05) is 12.1 Å². The first kappa shape index (κ1) is 26.0. The monoisotopic (exact) mass is 457 g/mol. The van der Waals surface area contributed by atoms with E-state index in [-0.39, 0.29) is 32.7 Å². The molecule has 6 heteroatoms. The molecule has 1 N–H and O–H groups in total. The summed E-state index contributed by atoms with van der Waals surface area (Å²) in [7, 11) is -3.30. The van der Waals surface area contributed by atoms with E-state index in [4.69, 9.17) is 0 Å². The van der Waals surface area contributed by atoms with Crippen LogP contribution in [0.4, 0.5) is 5.69 Å². The molecular weight excluding hydrogens is 423 g/mol. The summed E-state index contributed by atoms with van der Waals surface area (Å²) >= 11 is 0. The second kappa shape index (κ2) is 14.1. The molecule has 0 aliphatic carbocycles. The van der Waals surface area contributed by atoms with Gasteiger partial charge in [0.2, 0.25) is 10.0 Å². The van der Waals surface area contributed by atoms with Gasteiger partial charge in [0.05, 0.1) is 18.0 Å². The van der Waals surface area contributed by atoms with Crippen LogP contribution in [0.5, 0.6) is 0 Å². The Kier molecular flexibility index (Phi) is 14.1. The molecule has 0 heterocycles. The molecule has 0 aliphatic rings. The zero-order valence-electron chi connectivity index (χ0n) is 16.4. The third-order valence-electron chi connectivity index (χ3n) is 4.41. The zero-order chi connectivity index (χ0) is 18.7. The summed E-state index contributed by atoms with van der Waals surface area (Å²) in [5.74, 6) is 0. The third-order valence-corrected chi connectivity index (χ3v) is 5.60. The van der Waals surface area contributed by atoms with Crippen molar-refractivity contribution in [2.45, 2.75) is 70.8 Å². The molecular formula is C20H34NO3SY-. The molecule has 0 spiro atoms. The fourth-order valence-electron chi connectivity index (χ4n) is 2.89. The van der Waals surface area contributed by atoms with Gasteiger partial charge >= 0.3 is 0 Å². The van der Waals surface area contributed by atoms with Crippen LogP contribution in [0.1, 0.15) is 76.4 Å². The first-order valence-corrected chi connectivity index (χ1v) is 11.3. The third kappa shape index (κ3) is 9.82. The van der Waals surface area contributed by atoms with Crippen molar-refractivity contribution in [3.8, 4) is 0 Å². The fraction of sp³-hybridized carbons (Fsp3) is 0.650. The van der Waals surface area contributed by atoms with E-state index in [0.717, 1.165) is 63.4 Å². The van der Waals surface area contributed by atoms with Gasteiger partial charge in [-0.1, -0.05) is 57.6 Å². The molecule has 0 fully saturated rings. The average Bonchev–Trinajstić information content (AvgIpc) is 2.57. The minimum Gasteiger partial charge on any atom is -0.388 e. The van der Waals surface area contributed by atoms with Gasteiger partial charge in [0.25, 0.3) is 0 Å². The van der Waals surface area contributed by atoms with Gasteiger partial charge in [0.15, 0.2) is 0 Å². The topological polar surface area (TPSA) is 57.6 Å². The van der Waals surface area contributed by atoms with Gasteiger partial charge in [0, 0.05) is 39.3 Å². The van der Waals surface area contributed by atoms with Crippen LogP contribution in [0.3, 0.4) is 0 Å². The van der Waals surface area contributed by atoms with Gasteiger partial charge in [-0.15, -0.1) is 0 Å². The maximum atomic E-state index is 12.1. The predicted octanol–water partition coefficient (Wildman–Crippen LogP) is 4.85. The number of hydrogen-bond acceptors (Lipinski definition) is 3. The van der Waals surface area contributed by atoms with E-state index >= 15 is 0 Å². The SMILES string of the molecule is [CH2-]CCCCCCN(c1ccc(C(O)CCCCC)cc1)S(C)(=O)=O.[Y]. The molecule has 1 radical (unpaired) electrons. The van der Waals surface area contributed by atoms with Gasteiger partial charge in [0.1, 0.15) is 0 Å². The number of hydrogen-bond donors (Lipinski definition) is 1. The molecule has 4 nitrogen and oxygen atoms in total. The van der Waals surface area contributed by atoms with E-state index in [1.54, 1.807) is 12.1 Å². The summed E-state index contributed by atoms with van der Waals surface area (Å²) in [5.41, 5.74) is 1.52. The molecule has 0 saturated heterocycles. The molecule has 0 bridgehead atoms. The molecule has 1 atom stereocenters. The van der Waals surface area contributed by atoms with Crippen molar-refractivity contribution in [1.82, 2.24) is 0 Å². The van der Waals surface area contributed by atoms with Gasteiger partial charge < -0.3 is 12.0 Å². The molecule has 0 aromatic heterocycles. The average molecular weight is 457 g/mol. The quantitative estimate of drug-likeness (QED) is 0.340. The Morgan fingerprint density at radius 1 is 1.04 bits per heavy atom. The molecule has 1 aromatic carbocycles. The smallest absolute Gasteiger partial charge is 0.232 e. The number of nitrogens with zero attached hydrogens (tertiary/aromatic N) is 1. The molecule has 0 saturated carbocycles. The number of unbranched alkanes of at least 4 members (excludes halogenated alkanes) is 6. The molecule has 26 heavy (non-hydrogen) atoms. The molecule has 1 aromatic rings. The molecule has 1 rings (SSSR count). The predicted molar refractivity (Wildman–Crippen MR) is 106 cm³/mol. The molecule has 147 valence electrons. The largest absolute Gasteiger partial charge is 0.388 e. The number of anilines is 1. The van der Waals surface area contributed by atoms with Gasteiger partial charge in [-0.3, -0.25) is 4.31 Å². The summed E-state index contributed by atoms with van der Waals surface area (Å²) in [6, 6.07) is 7.28. The van der Waals surface area contributed by atoms with Crippen LogP contribution in [0.25, 0.3) is 0 Å². The molecule has 1 unspecified atom stereocenters. The van der Waals surface area contributed by atoms with Crippen molar-refractivity contribution >= 4 is 15.7 Å². The summed E-state index contributed by atoms with van der Waals surface area (Å²) in [5, 5.41) is 10.2. The molecule has 0 aliphatic heterocycles. The second-order valence-electron chi connectivity index (χ2n) is 6.71. The van der Waals surface area contributed by atoms with Crippen LogP contribution in [0.2, 0.25) is 0 Å². The standard InChI is InChI=1S/C20H34NO3S.Y/c1-4-6-8-9-11-17-21(25(3,23)24)19-15-13-18(14-16-19)20(22)12-10-7-5-2;/h13-16,20,22H,1,4-12,17H2,2-3H3;/q-1;.